The normalized spacial score (nSPS) is 19.3. The summed E-state index contributed by atoms with van der Waals surface area (Å²) in [5, 5.41) is 2.53. The van der Waals surface area contributed by atoms with Crippen molar-refractivity contribution in [2.24, 2.45) is 0 Å². The summed E-state index contributed by atoms with van der Waals surface area (Å²) < 4.78 is 14.5. The first-order chi connectivity index (χ1) is 21.1. The minimum absolute atomic E-state index is 0.182. The Morgan fingerprint density at radius 1 is 0.628 bits per heavy atom. The van der Waals surface area contributed by atoms with Crippen LogP contribution in [-0.4, -0.2) is 4.57 Å². The van der Waals surface area contributed by atoms with Gasteiger partial charge in [0.05, 0.1) is 22.8 Å². The van der Waals surface area contributed by atoms with Crippen LogP contribution in [0.2, 0.25) is 0 Å². The third-order valence-electron chi connectivity index (χ3n) is 10.9. The minimum Gasteiger partial charge on any atom is -0.404 e. The molecule has 1 atom stereocenters. The summed E-state index contributed by atoms with van der Waals surface area (Å²) in [6.45, 7) is 4.77. The van der Waals surface area contributed by atoms with Crippen molar-refractivity contribution in [3.63, 3.8) is 0 Å². The van der Waals surface area contributed by atoms with Gasteiger partial charge in [-0.1, -0.05) is 56.3 Å². The number of benzene rings is 4. The minimum atomic E-state index is -0.630. The fraction of sp³-hybridized carbons (Fsp3) is 0.105. The van der Waals surface area contributed by atoms with E-state index in [0.29, 0.717) is 0 Å². The van der Waals surface area contributed by atoms with Crippen LogP contribution >= 0.6 is 0 Å². The van der Waals surface area contributed by atoms with Crippen molar-refractivity contribution in [1.29, 1.82) is 0 Å². The van der Waals surface area contributed by atoms with Gasteiger partial charge in [-0.15, -0.1) is 9.13 Å². The standard InChI is InChI=1S/C38H24N4O/c1-37(2)23-10-4-6-12-26(23)40-31-15-7-13-27-28-14-8-16-32-42(28)38(41(27)31)33-29(19-18-24(37)36(33)40)39-25-11-5-3-9-21(25)22-17-20-30(43-32)34(38)35(22)39/h3-20H,1-2H3/q+2. The van der Waals surface area contributed by atoms with Gasteiger partial charge in [-0.3, -0.25) is 0 Å². The predicted octanol–water partition coefficient (Wildman–Crippen LogP) is 7.48. The summed E-state index contributed by atoms with van der Waals surface area (Å²) in [7, 11) is 0. The molecule has 5 aliphatic rings. The largest absolute Gasteiger partial charge is 0.404 e. The van der Waals surface area contributed by atoms with E-state index < -0.39 is 5.66 Å². The third kappa shape index (κ3) is 1.93. The van der Waals surface area contributed by atoms with Gasteiger partial charge in [-0.05, 0) is 48.5 Å². The lowest BCUT2D eigenvalue weighted by Crippen LogP contribution is -2.75. The van der Waals surface area contributed by atoms with Crippen molar-refractivity contribution in [2.45, 2.75) is 24.9 Å². The monoisotopic (exact) mass is 552 g/mol. The SMILES string of the molecule is CC1(C)c2ccccc2N2c3c1ccc1c3C34c5c(ccc6c7ccccc7n-1c56)Oc1cccc([n+]13)-c1cccc2[n+]14. The molecule has 5 nitrogen and oxygen atoms in total. The van der Waals surface area contributed by atoms with E-state index in [0.717, 1.165) is 11.6 Å². The van der Waals surface area contributed by atoms with Gasteiger partial charge in [0.2, 0.25) is 5.69 Å². The van der Waals surface area contributed by atoms with E-state index >= 15 is 0 Å². The molecule has 4 aromatic carbocycles. The molecule has 43 heavy (non-hydrogen) atoms. The van der Waals surface area contributed by atoms with Gasteiger partial charge in [-0.2, -0.15) is 4.90 Å². The van der Waals surface area contributed by atoms with E-state index in [1.54, 1.807) is 0 Å². The average molecular weight is 553 g/mol. The number of anilines is 3. The second kappa shape index (κ2) is 6.32. The molecule has 5 heteroatoms. The quantitative estimate of drug-likeness (QED) is 0.182. The van der Waals surface area contributed by atoms with Crippen molar-refractivity contribution in [1.82, 2.24) is 4.57 Å². The van der Waals surface area contributed by atoms with Gasteiger partial charge >= 0.3 is 11.5 Å². The zero-order chi connectivity index (χ0) is 28.0. The maximum atomic E-state index is 6.85. The van der Waals surface area contributed by atoms with E-state index in [4.69, 9.17) is 4.74 Å². The Morgan fingerprint density at radius 2 is 1.44 bits per heavy atom. The van der Waals surface area contributed by atoms with Crippen molar-refractivity contribution < 1.29 is 13.9 Å². The lowest BCUT2D eigenvalue weighted by molar-refractivity contribution is -0.936. The van der Waals surface area contributed by atoms with Crippen LogP contribution in [0.3, 0.4) is 0 Å². The van der Waals surface area contributed by atoms with Crippen molar-refractivity contribution in [3.05, 3.63) is 131 Å². The van der Waals surface area contributed by atoms with Crippen molar-refractivity contribution in [2.75, 3.05) is 4.90 Å². The highest BCUT2D eigenvalue weighted by atomic mass is 16.5. The van der Waals surface area contributed by atoms with Gasteiger partial charge in [0, 0.05) is 39.4 Å². The Balaban J connectivity index is 1.43. The zero-order valence-corrected chi connectivity index (χ0v) is 23.6. The number of pyridine rings is 2. The Hall–Kier alpha value is -5.42. The van der Waals surface area contributed by atoms with Crippen LogP contribution in [0.1, 0.15) is 36.1 Å². The number of para-hydroxylation sites is 2. The van der Waals surface area contributed by atoms with E-state index in [2.05, 4.69) is 142 Å². The topological polar surface area (TPSA) is 25.2 Å². The smallest absolute Gasteiger partial charge is 0.378 e. The molecule has 0 N–H and O–H groups in total. The van der Waals surface area contributed by atoms with Crippen LogP contribution in [0, 0.1) is 0 Å². The lowest BCUT2D eigenvalue weighted by Gasteiger charge is -2.45. The van der Waals surface area contributed by atoms with Gasteiger partial charge in [-0.25, -0.2) is 0 Å². The Kier molecular flexibility index (Phi) is 3.13. The van der Waals surface area contributed by atoms with Gasteiger partial charge in [0.15, 0.2) is 11.4 Å². The number of nitrogens with zero attached hydrogens (tertiary/aromatic N) is 4. The summed E-state index contributed by atoms with van der Waals surface area (Å²) in [4.78, 5) is 2.54. The molecule has 200 valence electrons. The summed E-state index contributed by atoms with van der Waals surface area (Å²) in [5.74, 6) is 2.97. The van der Waals surface area contributed by atoms with E-state index in [9.17, 15) is 0 Å². The number of aromatic nitrogens is 3. The van der Waals surface area contributed by atoms with Crippen LogP contribution in [-0.2, 0) is 11.1 Å². The van der Waals surface area contributed by atoms with Crippen LogP contribution < -0.4 is 18.8 Å². The molecule has 0 bridgehead atoms. The molecule has 0 amide bonds. The van der Waals surface area contributed by atoms with Gasteiger partial charge < -0.3 is 9.30 Å². The molecule has 12 rings (SSSR count). The summed E-state index contributed by atoms with van der Waals surface area (Å²) >= 11 is 0. The Labute approximate surface area is 247 Å². The fourth-order valence-corrected chi connectivity index (χ4v) is 9.36. The number of ether oxygens (including phenoxy) is 1. The second-order valence-corrected chi connectivity index (χ2v) is 13.0. The average Bonchev–Trinajstić information content (AvgIpc) is 3.53. The first-order valence-corrected chi connectivity index (χ1v) is 15.1. The van der Waals surface area contributed by atoms with Crippen LogP contribution in [0.25, 0.3) is 38.9 Å². The molecule has 3 aromatic heterocycles. The summed E-state index contributed by atoms with van der Waals surface area (Å²) in [6.07, 6.45) is 0. The Bertz CT molecular complexity index is 2540. The lowest BCUT2D eigenvalue weighted by atomic mass is 9.69. The molecule has 0 radical (unpaired) electrons. The number of rotatable bonds is 0. The van der Waals surface area contributed by atoms with E-state index in [1.165, 1.54) is 78.3 Å². The van der Waals surface area contributed by atoms with E-state index in [1.807, 2.05) is 0 Å². The van der Waals surface area contributed by atoms with Crippen molar-refractivity contribution >= 4 is 39.0 Å². The number of hydrogen-bond donors (Lipinski definition) is 0. The van der Waals surface area contributed by atoms with Gasteiger partial charge in [0.1, 0.15) is 16.8 Å². The number of hydrogen-bond acceptors (Lipinski definition) is 2. The molecule has 0 saturated heterocycles. The zero-order valence-electron chi connectivity index (χ0n) is 23.6. The second-order valence-electron chi connectivity index (χ2n) is 13.0. The molecule has 1 spiro atoms. The molecule has 0 fully saturated rings. The molecule has 8 heterocycles. The molecular formula is C38H24N4O+2. The number of fused-ring (bicyclic) bond motifs is 8. The molecule has 7 aromatic rings. The maximum Gasteiger partial charge on any atom is 0.378 e. The van der Waals surface area contributed by atoms with Crippen LogP contribution in [0.15, 0.2) is 109 Å². The third-order valence-corrected chi connectivity index (χ3v) is 10.9. The molecular weight excluding hydrogens is 528 g/mol. The first kappa shape index (κ1) is 21.3. The predicted molar refractivity (Wildman–Crippen MR) is 165 cm³/mol. The summed E-state index contributed by atoms with van der Waals surface area (Å²) in [6, 6.07) is 40.4. The van der Waals surface area contributed by atoms with Crippen molar-refractivity contribution in [3.8, 4) is 28.7 Å². The first-order valence-electron chi connectivity index (χ1n) is 15.1. The van der Waals surface area contributed by atoms with Crippen LogP contribution in [0.4, 0.5) is 17.2 Å². The highest BCUT2D eigenvalue weighted by Gasteiger charge is 2.73. The summed E-state index contributed by atoms with van der Waals surface area (Å²) in [5.41, 5.74) is 13.0. The van der Waals surface area contributed by atoms with Gasteiger partial charge in [0.25, 0.3) is 11.5 Å². The van der Waals surface area contributed by atoms with E-state index in [-0.39, 0.29) is 5.41 Å². The highest BCUT2D eigenvalue weighted by Crippen LogP contribution is 2.63. The fourth-order valence-electron chi connectivity index (χ4n) is 9.36. The highest BCUT2D eigenvalue weighted by molar-refractivity contribution is 6.13. The molecule has 1 unspecified atom stereocenters. The maximum absolute atomic E-state index is 6.85. The van der Waals surface area contributed by atoms with Crippen LogP contribution in [0.5, 0.6) is 11.6 Å². The molecule has 5 aliphatic heterocycles. The Morgan fingerprint density at radius 3 is 2.37 bits per heavy atom. The molecule has 0 saturated carbocycles. The molecule has 0 aliphatic carbocycles.